The third kappa shape index (κ3) is 43.2. The van der Waals surface area contributed by atoms with Gasteiger partial charge in [-0.05, 0) is 171 Å². The van der Waals surface area contributed by atoms with Gasteiger partial charge in [0.05, 0.1) is 32.0 Å². The Hall–Kier alpha value is -12.0. The lowest BCUT2D eigenvalue weighted by Gasteiger charge is -2.31. The maximum absolute atomic E-state index is 14.7. The Morgan fingerprint density at radius 2 is 0.866 bits per heavy atom. The molecule has 17 amide bonds. The fourth-order valence-electron chi connectivity index (χ4n) is 13.3. The van der Waals surface area contributed by atoms with Crippen LogP contribution < -0.4 is 126 Å². The van der Waals surface area contributed by atoms with Crippen LogP contribution in [0.3, 0.4) is 0 Å². The highest BCUT2D eigenvalue weighted by Gasteiger charge is 2.42. The third-order valence-corrected chi connectivity index (χ3v) is 20.5. The Balaban J connectivity index is 2.45. The first-order valence-corrected chi connectivity index (χ1v) is 42.6. The molecule has 15 atom stereocenters. The summed E-state index contributed by atoms with van der Waals surface area (Å²) >= 11 is 0. The number of carboxylic acids is 2. The molecule has 1 aromatic rings. The summed E-state index contributed by atoms with van der Waals surface area (Å²) in [5.74, 6) is -21.7. The highest BCUT2D eigenvalue weighted by atomic mass is 16.4. The number of hydrogen-bond acceptors (Lipinski definition) is 27. The molecule has 714 valence electrons. The highest BCUT2D eigenvalue weighted by molar-refractivity contribution is 6.02. The number of nitrogens with zero attached hydrogens (tertiary/aromatic N) is 2. The number of unbranched alkanes of at least 4 members (excludes halogenated alkanes) is 4. The smallest absolute Gasteiger partial charge is 0.326 e. The molecule has 48 nitrogen and oxygen atoms in total. The number of benzene rings is 1. The summed E-state index contributed by atoms with van der Waals surface area (Å²) in [4.78, 5) is 264. The van der Waals surface area contributed by atoms with Gasteiger partial charge in [-0.2, -0.15) is 0 Å². The van der Waals surface area contributed by atoms with Gasteiger partial charge in [-0.15, -0.1) is 0 Å². The van der Waals surface area contributed by atoms with E-state index in [4.69, 9.17) is 57.3 Å². The van der Waals surface area contributed by atoms with Crippen molar-refractivity contribution in [3.63, 3.8) is 0 Å². The van der Waals surface area contributed by atoms with E-state index in [1.807, 2.05) is 0 Å². The maximum Gasteiger partial charge on any atom is 0.326 e. The number of nitrogens with two attached hydrogens (primary N) is 10. The number of aliphatic hydroxyl groups is 1. The molecule has 1 saturated heterocycles. The number of likely N-dealkylation sites (tertiary alicyclic amines) is 1. The van der Waals surface area contributed by atoms with E-state index < -0.39 is 255 Å². The van der Waals surface area contributed by atoms with Crippen molar-refractivity contribution in [1.29, 1.82) is 0 Å². The Labute approximate surface area is 736 Å². The summed E-state index contributed by atoms with van der Waals surface area (Å²) in [5.41, 5.74) is 56.5. The minimum Gasteiger partial charge on any atom is -0.508 e. The Kier molecular flexibility index (Phi) is 52.3. The standard InChI is InChI=1S/C79H135N25O23/c1-5-43(4)64(76(124)91-40-62(110)92-47(20-14-34-90-79(88)89)66(114)93-48(17-7-11-31-81)67(115)94-49(18-8-12-32-82)68(116)101-56(78(126)127)37-44-22-24-45(106)25-23-44)103-73(121)53(36-42(2)3)100-75(123)58-21-15-35-104(58)77(125)52(27-29-63(111)112)97-74(122)57(41-105)102-69(117)50(19-9-13-33-83)95-70(118)51(26-28-59(85)107)96-71(119)55(39-61(87)109)99-72(120)54(38-60(86)108)98-65(113)46(84)16-6-10-30-80/h22-25,42-43,46-58,64,105-106H,5-21,26-41,80-84H2,1-4H3,(H2,85,107)(H2,86,108)(H2,87,109)(H,91,124)(H,92,110)(H,93,114)(H,94,115)(H,95,118)(H,96,119)(H,97,122)(H,98,113)(H,99,120)(H,100,123)(H,101,116)(H,102,117)(H,103,121)(H,111,112)(H,126,127)(H4,88,89,90)/t43-,46-,47-,48-,49-,50-,51-,52-,53-,54-,55-,56-,57-,58-,64-/m0/s1. The van der Waals surface area contributed by atoms with Crippen molar-refractivity contribution in [2.24, 2.45) is 74.2 Å². The number of nitrogens with one attached hydrogen (secondary N) is 13. The monoisotopic (exact) mass is 1800 g/mol. The van der Waals surface area contributed by atoms with Crippen LogP contribution in [-0.2, 0) is 97.5 Å². The summed E-state index contributed by atoms with van der Waals surface area (Å²) < 4.78 is 0. The summed E-state index contributed by atoms with van der Waals surface area (Å²) in [7, 11) is 0. The molecule has 0 saturated carbocycles. The highest BCUT2D eigenvalue weighted by Crippen LogP contribution is 2.22. The number of rotatable bonds is 65. The quantitative estimate of drug-likeness (QED) is 0.0164. The van der Waals surface area contributed by atoms with Crippen molar-refractivity contribution in [1.82, 2.24) is 74.0 Å². The summed E-state index contributed by atoms with van der Waals surface area (Å²) in [6.07, 6.45) is -1.82. The number of primary amides is 3. The number of carbonyl (C=O) groups excluding carboxylic acids is 17. The zero-order chi connectivity index (χ0) is 95.6. The van der Waals surface area contributed by atoms with Crippen molar-refractivity contribution in [3.05, 3.63) is 29.8 Å². The molecule has 0 aliphatic carbocycles. The van der Waals surface area contributed by atoms with Gasteiger partial charge in [0.2, 0.25) is 100 Å². The van der Waals surface area contributed by atoms with Gasteiger partial charge in [-0.3, -0.25) is 91.3 Å². The minimum atomic E-state index is -1.98. The van der Waals surface area contributed by atoms with E-state index in [-0.39, 0.29) is 140 Å². The average molecular weight is 1800 g/mol. The molecular formula is C79H135N25O23. The Bertz CT molecular complexity index is 3860. The first kappa shape index (κ1) is 111. The zero-order valence-electron chi connectivity index (χ0n) is 72.6. The third-order valence-electron chi connectivity index (χ3n) is 20.5. The summed E-state index contributed by atoms with van der Waals surface area (Å²) in [6, 6.07) is -16.3. The Morgan fingerprint density at radius 1 is 0.457 bits per heavy atom. The molecule has 1 heterocycles. The molecule has 2 rings (SSSR count). The lowest BCUT2D eigenvalue weighted by molar-refractivity contribution is -0.144. The summed E-state index contributed by atoms with van der Waals surface area (Å²) in [6.45, 7) is 5.35. The van der Waals surface area contributed by atoms with Crippen LogP contribution in [0.1, 0.15) is 187 Å². The van der Waals surface area contributed by atoms with Gasteiger partial charge < -0.3 is 152 Å². The van der Waals surface area contributed by atoms with Crippen molar-refractivity contribution < 1.29 is 112 Å². The lowest BCUT2D eigenvalue weighted by atomic mass is 9.96. The largest absolute Gasteiger partial charge is 0.508 e. The number of guanidine groups is 1. The number of aliphatic hydroxyl groups excluding tert-OH is 1. The van der Waals surface area contributed by atoms with Crippen molar-refractivity contribution >= 4 is 118 Å². The number of amides is 17. The van der Waals surface area contributed by atoms with E-state index in [1.165, 1.54) is 24.3 Å². The van der Waals surface area contributed by atoms with Crippen LogP contribution in [-0.4, -0.2) is 281 Å². The molecule has 1 aliphatic heterocycles. The van der Waals surface area contributed by atoms with Crippen LogP contribution in [0.15, 0.2) is 29.3 Å². The van der Waals surface area contributed by atoms with Crippen LogP contribution in [0.2, 0.25) is 0 Å². The van der Waals surface area contributed by atoms with Crippen molar-refractivity contribution in [2.45, 2.75) is 273 Å². The number of aromatic hydroxyl groups is 1. The van der Waals surface area contributed by atoms with E-state index in [0.29, 0.717) is 44.2 Å². The van der Waals surface area contributed by atoms with Crippen molar-refractivity contribution in [2.75, 3.05) is 52.4 Å². The molecule has 127 heavy (non-hydrogen) atoms. The maximum atomic E-state index is 14.7. The predicted molar refractivity (Wildman–Crippen MR) is 459 cm³/mol. The van der Waals surface area contributed by atoms with Gasteiger partial charge in [0.1, 0.15) is 84.3 Å². The lowest BCUT2D eigenvalue weighted by Crippen LogP contribution is -2.61. The molecule has 0 bridgehead atoms. The van der Waals surface area contributed by atoms with E-state index in [2.05, 4.69) is 74.1 Å². The number of phenols is 1. The SMILES string of the molecule is CC[C@H](C)[C@H](NC(=O)[C@H](CC(C)C)NC(=O)[C@@H]1CCCN1C(=O)[C@H](CCC(=O)O)NC(=O)[C@H](CO)NC(=O)[C@H](CCCCN)NC(=O)[C@H](CCC(N)=O)NC(=O)[C@H](CC(N)=O)NC(=O)[C@H](CC(N)=O)NC(=O)[C@@H](N)CCCCN)C(=O)NCC(=O)N[C@@H](CCCN=C(N)N)C(=O)N[C@@H](CCCCN)C(=O)N[C@@H](CCCCN)C(=O)N[C@@H](Cc1ccc(O)cc1)C(=O)O. The van der Waals surface area contributed by atoms with Crippen LogP contribution >= 0.6 is 0 Å². The number of carbonyl (C=O) groups is 19. The molecular weight excluding hydrogens is 1670 g/mol. The average Bonchev–Trinajstić information content (AvgIpc) is 1.69. The molecule has 1 fully saturated rings. The van der Waals surface area contributed by atoms with E-state index in [1.54, 1.807) is 27.7 Å². The molecule has 0 radical (unpaired) electrons. The number of aliphatic imine (C=N–C) groups is 1. The fourth-order valence-corrected chi connectivity index (χ4v) is 13.3. The molecule has 1 aliphatic rings. The van der Waals surface area contributed by atoms with Gasteiger partial charge in [0.15, 0.2) is 5.96 Å². The first-order valence-electron chi connectivity index (χ1n) is 42.6. The second kappa shape index (κ2) is 59.8. The van der Waals surface area contributed by atoms with Crippen molar-refractivity contribution in [3.8, 4) is 5.75 Å². The fraction of sp³-hybridized carbons (Fsp3) is 0.671. The number of aliphatic carboxylic acids is 2. The van der Waals surface area contributed by atoms with E-state index in [9.17, 15) is 112 Å². The van der Waals surface area contributed by atoms with Crippen LogP contribution in [0.4, 0.5) is 0 Å². The van der Waals surface area contributed by atoms with Crippen LogP contribution in [0.5, 0.6) is 5.75 Å². The second-order valence-corrected chi connectivity index (χ2v) is 31.5. The number of carboxylic acid groups (broad SMARTS) is 2. The topological polar surface area (TPSA) is 837 Å². The van der Waals surface area contributed by atoms with Gasteiger partial charge in [-0.1, -0.05) is 52.7 Å². The first-order chi connectivity index (χ1) is 60.0. The molecule has 0 aromatic heterocycles. The summed E-state index contributed by atoms with van der Waals surface area (Å²) in [5, 5.41) is 72.2. The van der Waals surface area contributed by atoms with Gasteiger partial charge in [0, 0.05) is 32.4 Å². The minimum absolute atomic E-state index is 0.00221. The molecule has 0 spiro atoms. The normalized spacial score (nSPS) is 15.6. The van der Waals surface area contributed by atoms with Gasteiger partial charge >= 0.3 is 11.9 Å². The van der Waals surface area contributed by atoms with Crippen LogP contribution in [0.25, 0.3) is 0 Å². The Morgan fingerprint density at radius 3 is 1.31 bits per heavy atom. The van der Waals surface area contributed by atoms with Gasteiger partial charge in [0.25, 0.3) is 0 Å². The van der Waals surface area contributed by atoms with E-state index >= 15 is 0 Å². The zero-order valence-corrected chi connectivity index (χ0v) is 72.6. The number of phenolic OH excluding ortho intramolecular Hbond substituents is 1. The van der Waals surface area contributed by atoms with Crippen LogP contribution in [0, 0.1) is 11.8 Å². The second-order valence-electron chi connectivity index (χ2n) is 31.5. The van der Waals surface area contributed by atoms with Gasteiger partial charge in [-0.25, -0.2) is 4.79 Å². The number of hydrogen-bond donors (Lipinski definition) is 27. The molecule has 48 heteroatoms. The predicted octanol–water partition coefficient (Wildman–Crippen LogP) is -9.19. The molecule has 37 N–H and O–H groups in total. The van der Waals surface area contributed by atoms with E-state index in [0.717, 1.165) is 4.90 Å². The molecule has 1 aromatic carbocycles. The molecule has 0 unspecified atom stereocenters.